The van der Waals surface area contributed by atoms with Crippen LogP contribution in [0.4, 0.5) is 5.00 Å². The van der Waals surface area contributed by atoms with Gasteiger partial charge in [-0.05, 0) is 25.0 Å². The maximum Gasteiger partial charge on any atom is 0.248 e. The van der Waals surface area contributed by atoms with Gasteiger partial charge in [-0.15, -0.1) is 11.3 Å². The molecule has 2 aromatic rings. The minimum atomic E-state index is -0.0482. The van der Waals surface area contributed by atoms with Crippen LogP contribution >= 0.6 is 11.3 Å². The van der Waals surface area contributed by atoms with E-state index in [2.05, 4.69) is 10.3 Å². The lowest BCUT2D eigenvalue weighted by Crippen LogP contribution is -2.27. The third-order valence-corrected chi connectivity index (χ3v) is 4.00. The summed E-state index contributed by atoms with van der Waals surface area (Å²) in [4.78, 5) is 14.0. The fourth-order valence-electron chi connectivity index (χ4n) is 2.07. The summed E-state index contributed by atoms with van der Waals surface area (Å²) in [6.07, 6.45) is 2.09. The van der Waals surface area contributed by atoms with Crippen LogP contribution in [0.5, 0.6) is 0 Å². The van der Waals surface area contributed by atoms with Gasteiger partial charge in [0.2, 0.25) is 5.56 Å². The molecule has 1 aliphatic heterocycles. The number of fused-ring (bicyclic) bond motifs is 1. The Labute approximate surface area is 103 Å². The standard InChI is InChI=1S/C12H14N2O2S/c15-11-2-1-10-9(14-11)7-12(17-10)13-8-3-5-16-6-4-8/h1-2,7-8,13H,3-6H2,(H,14,15). The van der Waals surface area contributed by atoms with Gasteiger partial charge in [-0.1, -0.05) is 0 Å². The Hall–Kier alpha value is -1.33. The van der Waals surface area contributed by atoms with Crippen molar-refractivity contribution in [2.24, 2.45) is 0 Å². The zero-order valence-electron chi connectivity index (χ0n) is 9.36. The second-order valence-electron chi connectivity index (χ2n) is 4.24. The van der Waals surface area contributed by atoms with Crippen molar-refractivity contribution in [3.05, 3.63) is 28.6 Å². The molecule has 0 radical (unpaired) electrons. The second kappa shape index (κ2) is 4.50. The maximum absolute atomic E-state index is 11.2. The van der Waals surface area contributed by atoms with Gasteiger partial charge >= 0.3 is 0 Å². The first kappa shape index (κ1) is 10.8. The number of aromatic amines is 1. The monoisotopic (exact) mass is 250 g/mol. The minimum Gasteiger partial charge on any atom is -0.381 e. The van der Waals surface area contributed by atoms with Crippen LogP contribution in [-0.4, -0.2) is 24.2 Å². The van der Waals surface area contributed by atoms with Gasteiger partial charge in [0.1, 0.15) is 0 Å². The van der Waals surface area contributed by atoms with E-state index in [9.17, 15) is 4.79 Å². The lowest BCUT2D eigenvalue weighted by molar-refractivity contribution is 0.0905. The Morgan fingerprint density at radius 3 is 3.00 bits per heavy atom. The molecular formula is C12H14N2O2S. The fraction of sp³-hybridized carbons (Fsp3) is 0.417. The molecule has 90 valence electrons. The third-order valence-electron chi connectivity index (χ3n) is 2.97. The van der Waals surface area contributed by atoms with Crippen LogP contribution in [0.3, 0.4) is 0 Å². The van der Waals surface area contributed by atoms with E-state index in [0.717, 1.165) is 41.3 Å². The van der Waals surface area contributed by atoms with Crippen LogP contribution in [0.25, 0.3) is 10.2 Å². The number of pyridine rings is 1. The van der Waals surface area contributed by atoms with Crippen LogP contribution in [0, 0.1) is 0 Å². The van der Waals surface area contributed by atoms with Crippen molar-refractivity contribution in [1.82, 2.24) is 4.98 Å². The maximum atomic E-state index is 11.2. The number of anilines is 1. The molecule has 5 heteroatoms. The average molecular weight is 250 g/mol. The number of thiophene rings is 1. The highest BCUT2D eigenvalue weighted by Gasteiger charge is 2.14. The van der Waals surface area contributed by atoms with E-state index in [1.807, 2.05) is 12.1 Å². The molecule has 1 saturated heterocycles. The highest BCUT2D eigenvalue weighted by atomic mass is 32.1. The number of aromatic nitrogens is 1. The Morgan fingerprint density at radius 2 is 2.18 bits per heavy atom. The molecule has 0 spiro atoms. The molecule has 3 rings (SSSR count). The summed E-state index contributed by atoms with van der Waals surface area (Å²) in [5, 5.41) is 4.63. The van der Waals surface area contributed by atoms with Crippen molar-refractivity contribution in [3.63, 3.8) is 0 Å². The van der Waals surface area contributed by atoms with Crippen LogP contribution in [-0.2, 0) is 4.74 Å². The summed E-state index contributed by atoms with van der Waals surface area (Å²) in [7, 11) is 0. The number of nitrogens with one attached hydrogen (secondary N) is 2. The topological polar surface area (TPSA) is 54.1 Å². The summed E-state index contributed by atoms with van der Waals surface area (Å²) in [6, 6.07) is 5.94. The Bertz CT molecular complexity index is 569. The average Bonchev–Trinajstić information content (AvgIpc) is 2.71. The molecule has 0 unspecified atom stereocenters. The zero-order chi connectivity index (χ0) is 11.7. The van der Waals surface area contributed by atoms with Crippen molar-refractivity contribution < 1.29 is 4.74 Å². The molecule has 0 aliphatic carbocycles. The summed E-state index contributed by atoms with van der Waals surface area (Å²) < 4.78 is 6.44. The largest absolute Gasteiger partial charge is 0.381 e. The number of hydrogen-bond donors (Lipinski definition) is 2. The van der Waals surface area contributed by atoms with E-state index in [1.54, 1.807) is 17.4 Å². The first-order valence-corrected chi connectivity index (χ1v) is 6.60. The van der Waals surface area contributed by atoms with E-state index >= 15 is 0 Å². The smallest absolute Gasteiger partial charge is 0.248 e. The van der Waals surface area contributed by atoms with Crippen molar-refractivity contribution >= 4 is 26.6 Å². The lowest BCUT2D eigenvalue weighted by atomic mass is 10.1. The SMILES string of the molecule is O=c1ccc2sc(NC3CCOCC3)cc2[nH]1. The van der Waals surface area contributed by atoms with E-state index in [0.29, 0.717) is 6.04 Å². The van der Waals surface area contributed by atoms with Gasteiger partial charge in [0.15, 0.2) is 0 Å². The van der Waals surface area contributed by atoms with Gasteiger partial charge in [-0.25, -0.2) is 0 Å². The molecule has 0 atom stereocenters. The van der Waals surface area contributed by atoms with Gasteiger partial charge in [-0.3, -0.25) is 4.79 Å². The Morgan fingerprint density at radius 1 is 1.35 bits per heavy atom. The van der Waals surface area contributed by atoms with Crippen LogP contribution in [0.1, 0.15) is 12.8 Å². The first-order valence-electron chi connectivity index (χ1n) is 5.78. The van der Waals surface area contributed by atoms with Crippen LogP contribution < -0.4 is 10.9 Å². The molecule has 0 aromatic carbocycles. The van der Waals surface area contributed by atoms with Crippen molar-refractivity contribution in [3.8, 4) is 0 Å². The zero-order valence-corrected chi connectivity index (χ0v) is 10.2. The molecule has 1 fully saturated rings. The third kappa shape index (κ3) is 2.35. The molecule has 2 aromatic heterocycles. The van der Waals surface area contributed by atoms with E-state index in [4.69, 9.17) is 4.74 Å². The molecular weight excluding hydrogens is 236 g/mol. The Balaban J connectivity index is 1.82. The van der Waals surface area contributed by atoms with E-state index in [1.165, 1.54) is 0 Å². The van der Waals surface area contributed by atoms with Crippen LogP contribution in [0.15, 0.2) is 23.0 Å². The van der Waals surface area contributed by atoms with Gasteiger partial charge in [0.05, 0.1) is 15.2 Å². The highest BCUT2D eigenvalue weighted by molar-refractivity contribution is 7.22. The van der Waals surface area contributed by atoms with Gasteiger partial charge in [-0.2, -0.15) is 0 Å². The summed E-state index contributed by atoms with van der Waals surface area (Å²) in [6.45, 7) is 1.67. The summed E-state index contributed by atoms with van der Waals surface area (Å²) in [5.41, 5.74) is 0.866. The van der Waals surface area contributed by atoms with Gasteiger partial charge < -0.3 is 15.0 Å². The van der Waals surface area contributed by atoms with Crippen molar-refractivity contribution in [1.29, 1.82) is 0 Å². The van der Waals surface area contributed by atoms with E-state index < -0.39 is 0 Å². The first-order chi connectivity index (χ1) is 8.31. The predicted octanol–water partition coefficient (Wildman–Crippen LogP) is 2.18. The van der Waals surface area contributed by atoms with Crippen molar-refractivity contribution in [2.75, 3.05) is 18.5 Å². The number of rotatable bonds is 2. The Kier molecular flexibility index (Phi) is 2.86. The molecule has 2 N–H and O–H groups in total. The molecule has 4 nitrogen and oxygen atoms in total. The summed E-state index contributed by atoms with van der Waals surface area (Å²) in [5.74, 6) is 0. The molecule has 17 heavy (non-hydrogen) atoms. The second-order valence-corrected chi connectivity index (χ2v) is 5.33. The number of ether oxygens (including phenoxy) is 1. The van der Waals surface area contributed by atoms with E-state index in [-0.39, 0.29) is 5.56 Å². The quantitative estimate of drug-likeness (QED) is 0.859. The fourth-order valence-corrected chi connectivity index (χ4v) is 3.06. The van der Waals surface area contributed by atoms with Gasteiger partial charge in [0, 0.05) is 25.3 Å². The lowest BCUT2D eigenvalue weighted by Gasteiger charge is -2.23. The summed E-state index contributed by atoms with van der Waals surface area (Å²) >= 11 is 1.68. The molecule has 0 bridgehead atoms. The predicted molar refractivity (Wildman–Crippen MR) is 69.9 cm³/mol. The highest BCUT2D eigenvalue weighted by Crippen LogP contribution is 2.28. The molecule has 1 aliphatic rings. The molecule has 0 saturated carbocycles. The van der Waals surface area contributed by atoms with Crippen molar-refractivity contribution in [2.45, 2.75) is 18.9 Å². The van der Waals surface area contributed by atoms with Crippen LogP contribution in [0.2, 0.25) is 0 Å². The molecule has 0 amide bonds. The number of hydrogen-bond acceptors (Lipinski definition) is 4. The minimum absolute atomic E-state index is 0.0482. The normalized spacial score (nSPS) is 17.4. The number of H-pyrrole nitrogens is 1. The van der Waals surface area contributed by atoms with Gasteiger partial charge in [0.25, 0.3) is 0 Å². The molecule has 3 heterocycles.